The van der Waals surface area contributed by atoms with E-state index in [-0.39, 0.29) is 39.1 Å². The normalized spacial score (nSPS) is 12.9. The lowest BCUT2D eigenvalue weighted by atomic mass is 10.1. The summed E-state index contributed by atoms with van der Waals surface area (Å²) in [6.07, 6.45) is 0.705. The summed E-state index contributed by atoms with van der Waals surface area (Å²) in [4.78, 5) is 28.3. The second-order valence-electron chi connectivity index (χ2n) is 9.07. The van der Waals surface area contributed by atoms with Gasteiger partial charge in [-0.05, 0) is 68.3 Å². The van der Waals surface area contributed by atoms with Crippen molar-refractivity contribution in [3.05, 3.63) is 93.4 Å². The minimum Gasteiger partial charge on any atom is -0.352 e. The van der Waals surface area contributed by atoms with E-state index >= 15 is 0 Å². The van der Waals surface area contributed by atoms with Gasteiger partial charge in [-0.3, -0.25) is 13.9 Å². The van der Waals surface area contributed by atoms with E-state index in [1.807, 2.05) is 13.8 Å². The van der Waals surface area contributed by atoms with Gasteiger partial charge in [0.1, 0.15) is 12.6 Å². The van der Waals surface area contributed by atoms with Gasteiger partial charge >= 0.3 is 0 Å². The lowest BCUT2D eigenvalue weighted by Crippen LogP contribution is -2.52. The third-order valence-electron chi connectivity index (χ3n) is 6.20. The molecule has 0 aliphatic rings. The molecule has 0 unspecified atom stereocenters. The summed E-state index contributed by atoms with van der Waals surface area (Å²) in [7, 11) is -4.25. The average Bonchev–Trinajstić information content (AvgIpc) is 2.91. The molecular formula is C28H30Cl3N3O4S. The van der Waals surface area contributed by atoms with Crippen molar-refractivity contribution < 1.29 is 18.0 Å². The molecule has 0 aliphatic carbocycles. The van der Waals surface area contributed by atoms with E-state index in [4.69, 9.17) is 34.8 Å². The maximum atomic E-state index is 13.9. The van der Waals surface area contributed by atoms with Gasteiger partial charge in [-0.15, -0.1) is 0 Å². The molecule has 3 aromatic carbocycles. The van der Waals surface area contributed by atoms with Crippen LogP contribution in [0.1, 0.15) is 32.8 Å². The van der Waals surface area contributed by atoms with Gasteiger partial charge in [0.2, 0.25) is 11.8 Å². The lowest BCUT2D eigenvalue weighted by molar-refractivity contribution is -0.139. The first-order valence-electron chi connectivity index (χ1n) is 12.3. The van der Waals surface area contributed by atoms with Crippen LogP contribution in [-0.4, -0.2) is 43.8 Å². The number of sulfonamides is 1. The van der Waals surface area contributed by atoms with Gasteiger partial charge in [0.15, 0.2) is 0 Å². The second-order valence-corrected chi connectivity index (χ2v) is 12.2. The highest BCUT2D eigenvalue weighted by atomic mass is 35.5. The first-order valence-corrected chi connectivity index (χ1v) is 14.9. The van der Waals surface area contributed by atoms with E-state index in [0.29, 0.717) is 17.0 Å². The molecule has 0 aliphatic heterocycles. The van der Waals surface area contributed by atoms with E-state index in [1.165, 1.54) is 35.2 Å². The predicted octanol–water partition coefficient (Wildman–Crippen LogP) is 6.17. The number of nitrogens with one attached hydrogen (secondary N) is 1. The van der Waals surface area contributed by atoms with Crippen molar-refractivity contribution >= 4 is 62.3 Å². The van der Waals surface area contributed by atoms with Gasteiger partial charge in [-0.2, -0.15) is 0 Å². The summed E-state index contributed by atoms with van der Waals surface area (Å²) in [5, 5.41) is 3.69. The molecule has 208 valence electrons. The summed E-state index contributed by atoms with van der Waals surface area (Å²) >= 11 is 18.8. The van der Waals surface area contributed by atoms with Crippen molar-refractivity contribution in [3.63, 3.8) is 0 Å². The molecule has 0 bridgehead atoms. The van der Waals surface area contributed by atoms with Crippen LogP contribution in [0.2, 0.25) is 15.1 Å². The Hall–Kier alpha value is -2.78. The topological polar surface area (TPSA) is 86.8 Å². The van der Waals surface area contributed by atoms with Gasteiger partial charge in [-0.25, -0.2) is 8.42 Å². The molecule has 2 atom stereocenters. The van der Waals surface area contributed by atoms with E-state index in [0.717, 1.165) is 4.31 Å². The van der Waals surface area contributed by atoms with Gasteiger partial charge < -0.3 is 10.2 Å². The average molecular weight is 611 g/mol. The van der Waals surface area contributed by atoms with Crippen molar-refractivity contribution in [1.29, 1.82) is 0 Å². The van der Waals surface area contributed by atoms with E-state index in [9.17, 15) is 18.0 Å². The molecule has 1 N–H and O–H groups in total. The Morgan fingerprint density at radius 3 is 2.21 bits per heavy atom. The molecular weight excluding hydrogens is 581 g/mol. The number of benzene rings is 3. The van der Waals surface area contributed by atoms with Gasteiger partial charge in [0.05, 0.1) is 15.6 Å². The van der Waals surface area contributed by atoms with Crippen LogP contribution in [0.15, 0.2) is 77.7 Å². The first-order chi connectivity index (χ1) is 18.4. The zero-order valence-corrected chi connectivity index (χ0v) is 24.9. The molecule has 0 heterocycles. The maximum Gasteiger partial charge on any atom is 0.264 e. The van der Waals surface area contributed by atoms with E-state index < -0.39 is 28.5 Å². The van der Waals surface area contributed by atoms with Crippen LogP contribution >= 0.6 is 34.8 Å². The molecule has 3 rings (SSSR count). The molecule has 0 fully saturated rings. The van der Waals surface area contributed by atoms with Gasteiger partial charge in [0.25, 0.3) is 10.0 Å². The Balaban J connectivity index is 2.06. The highest BCUT2D eigenvalue weighted by Crippen LogP contribution is 2.33. The minimum absolute atomic E-state index is 0.0248. The highest BCUT2D eigenvalue weighted by molar-refractivity contribution is 7.92. The third-order valence-corrected chi connectivity index (χ3v) is 8.76. The van der Waals surface area contributed by atoms with Crippen molar-refractivity contribution in [1.82, 2.24) is 10.2 Å². The number of carbonyl (C=O) groups excluding carboxylic acids is 2. The predicted molar refractivity (Wildman–Crippen MR) is 157 cm³/mol. The number of amides is 2. The van der Waals surface area contributed by atoms with Crippen LogP contribution in [0.25, 0.3) is 0 Å². The van der Waals surface area contributed by atoms with Crippen molar-refractivity contribution in [3.8, 4) is 0 Å². The SMILES string of the molecule is CC[C@@H](C)NC(=O)[C@@H](C)N(Cc1cccc(Cl)c1)C(=O)CN(c1cc(Cl)ccc1Cl)S(=O)(=O)c1ccccc1. The van der Waals surface area contributed by atoms with E-state index in [1.54, 1.807) is 49.4 Å². The number of halogens is 3. The summed E-state index contributed by atoms with van der Waals surface area (Å²) < 4.78 is 28.5. The van der Waals surface area contributed by atoms with Crippen molar-refractivity contribution in [2.75, 3.05) is 10.8 Å². The zero-order chi connectivity index (χ0) is 28.7. The Kier molecular flexibility index (Phi) is 10.7. The second kappa shape index (κ2) is 13.5. The quantitative estimate of drug-likeness (QED) is 0.281. The van der Waals surface area contributed by atoms with E-state index in [2.05, 4.69) is 5.32 Å². The van der Waals surface area contributed by atoms with Crippen LogP contribution in [-0.2, 0) is 26.2 Å². The Labute approximate surface area is 244 Å². The van der Waals surface area contributed by atoms with Crippen LogP contribution in [0, 0.1) is 0 Å². The third kappa shape index (κ3) is 7.88. The lowest BCUT2D eigenvalue weighted by Gasteiger charge is -2.32. The monoisotopic (exact) mass is 609 g/mol. The fourth-order valence-corrected chi connectivity index (χ4v) is 5.88. The van der Waals surface area contributed by atoms with Crippen LogP contribution in [0.3, 0.4) is 0 Å². The minimum atomic E-state index is -4.25. The number of hydrogen-bond acceptors (Lipinski definition) is 4. The molecule has 0 aromatic heterocycles. The molecule has 0 saturated carbocycles. The molecule has 0 radical (unpaired) electrons. The Morgan fingerprint density at radius 1 is 0.897 bits per heavy atom. The molecule has 2 amide bonds. The zero-order valence-electron chi connectivity index (χ0n) is 21.8. The molecule has 7 nitrogen and oxygen atoms in total. The van der Waals surface area contributed by atoms with Gasteiger partial charge in [0, 0.05) is 22.6 Å². The number of carbonyl (C=O) groups is 2. The number of rotatable bonds is 11. The Bertz CT molecular complexity index is 1420. The summed E-state index contributed by atoms with van der Waals surface area (Å²) in [6.45, 7) is 4.80. The number of nitrogens with zero attached hydrogens (tertiary/aromatic N) is 2. The fourth-order valence-electron chi connectivity index (χ4n) is 3.79. The summed E-state index contributed by atoms with van der Waals surface area (Å²) in [6, 6.07) is 18.0. The van der Waals surface area contributed by atoms with Crippen molar-refractivity contribution in [2.24, 2.45) is 0 Å². The molecule has 39 heavy (non-hydrogen) atoms. The van der Waals surface area contributed by atoms with Crippen molar-refractivity contribution in [2.45, 2.75) is 50.7 Å². The highest BCUT2D eigenvalue weighted by Gasteiger charge is 2.33. The first kappa shape index (κ1) is 30.8. The van der Waals surface area contributed by atoms with Crippen LogP contribution in [0.4, 0.5) is 5.69 Å². The van der Waals surface area contributed by atoms with Crippen LogP contribution in [0.5, 0.6) is 0 Å². The number of hydrogen-bond donors (Lipinski definition) is 1. The summed E-state index contributed by atoms with van der Waals surface area (Å²) in [5.74, 6) is -0.977. The molecule has 3 aromatic rings. The molecule has 0 saturated heterocycles. The van der Waals surface area contributed by atoms with Crippen LogP contribution < -0.4 is 9.62 Å². The summed E-state index contributed by atoms with van der Waals surface area (Å²) in [5.41, 5.74) is 0.720. The number of anilines is 1. The fraction of sp³-hybridized carbons (Fsp3) is 0.286. The smallest absolute Gasteiger partial charge is 0.264 e. The maximum absolute atomic E-state index is 13.9. The molecule has 11 heteroatoms. The standard InChI is InChI=1S/C28H30Cl3N3O4S/c1-4-19(2)32-28(36)20(3)33(17-21-9-8-10-22(29)15-21)27(35)18-34(26-16-23(30)13-14-25(26)31)39(37,38)24-11-6-5-7-12-24/h5-16,19-20H,4,17-18H2,1-3H3,(H,32,36)/t19-,20-/m1/s1. The Morgan fingerprint density at radius 2 is 1.56 bits per heavy atom. The largest absolute Gasteiger partial charge is 0.352 e. The molecule has 0 spiro atoms. The van der Waals surface area contributed by atoms with Gasteiger partial charge in [-0.1, -0.05) is 72.1 Å².